The van der Waals surface area contributed by atoms with Gasteiger partial charge in [0.1, 0.15) is 5.75 Å². The van der Waals surface area contributed by atoms with Gasteiger partial charge in [-0.3, -0.25) is 4.79 Å². The van der Waals surface area contributed by atoms with E-state index in [1.807, 2.05) is 31.2 Å². The number of fused-ring (bicyclic) bond motifs is 1. The summed E-state index contributed by atoms with van der Waals surface area (Å²) in [5, 5.41) is 0.774. The molecule has 122 valence electrons. The number of rotatable bonds is 6. The quantitative estimate of drug-likeness (QED) is 0.556. The Hall–Kier alpha value is -3.08. The van der Waals surface area contributed by atoms with Gasteiger partial charge in [0.2, 0.25) is 0 Å². The highest BCUT2D eigenvalue weighted by molar-refractivity contribution is 6.05. The minimum atomic E-state index is -0.522. The molecule has 1 heterocycles. The van der Waals surface area contributed by atoms with Crippen molar-refractivity contribution < 1.29 is 19.1 Å². The molecule has 1 N–H and O–H groups in total. The number of carbonyl (C=O) groups excluding carboxylic acids is 2. The van der Waals surface area contributed by atoms with Gasteiger partial charge in [0, 0.05) is 22.7 Å². The second-order valence-electron chi connectivity index (χ2n) is 5.20. The van der Waals surface area contributed by atoms with E-state index < -0.39 is 5.97 Å². The van der Waals surface area contributed by atoms with Crippen LogP contribution in [0.2, 0.25) is 0 Å². The number of nitrogens with one attached hydrogen (secondary N) is 1. The molecule has 0 aliphatic rings. The Balaban J connectivity index is 1.64. The van der Waals surface area contributed by atoms with Crippen molar-refractivity contribution in [2.45, 2.75) is 6.92 Å². The number of Topliss-reactive ketones (excluding diaryl/α,β-unsaturated/α-hetero) is 1. The zero-order chi connectivity index (χ0) is 16.9. The standard InChI is InChI=1S/C19H17NO4/c1-2-23-14-9-7-13(8-10-14)18(21)12-24-19(22)16-11-20-17-6-4-3-5-15(16)17/h3-11,20H,2,12H2,1H3. The van der Waals surface area contributed by atoms with Gasteiger partial charge in [0.05, 0.1) is 12.2 Å². The number of hydrogen-bond acceptors (Lipinski definition) is 4. The zero-order valence-corrected chi connectivity index (χ0v) is 13.2. The van der Waals surface area contributed by atoms with Crippen molar-refractivity contribution >= 4 is 22.7 Å². The highest BCUT2D eigenvalue weighted by Gasteiger charge is 2.15. The number of hydrogen-bond donors (Lipinski definition) is 1. The molecule has 5 heteroatoms. The van der Waals surface area contributed by atoms with Crippen LogP contribution in [-0.2, 0) is 4.74 Å². The Bertz CT molecular complexity index is 864. The predicted molar refractivity (Wildman–Crippen MR) is 90.5 cm³/mol. The predicted octanol–water partition coefficient (Wildman–Crippen LogP) is 3.61. The SMILES string of the molecule is CCOc1ccc(C(=O)COC(=O)c2c[nH]c3ccccc23)cc1. The molecule has 0 fully saturated rings. The van der Waals surface area contributed by atoms with Crippen LogP contribution in [0.25, 0.3) is 10.9 Å². The van der Waals surface area contributed by atoms with Crippen LogP contribution in [0.15, 0.2) is 54.7 Å². The van der Waals surface area contributed by atoms with E-state index in [9.17, 15) is 9.59 Å². The molecule has 3 aromatic rings. The number of esters is 1. The minimum Gasteiger partial charge on any atom is -0.494 e. The van der Waals surface area contributed by atoms with Crippen LogP contribution in [0.5, 0.6) is 5.75 Å². The van der Waals surface area contributed by atoms with Gasteiger partial charge < -0.3 is 14.5 Å². The van der Waals surface area contributed by atoms with Gasteiger partial charge in [-0.05, 0) is 37.3 Å². The number of ketones is 1. The third kappa shape index (κ3) is 3.30. The summed E-state index contributed by atoms with van der Waals surface area (Å²) in [4.78, 5) is 27.3. The lowest BCUT2D eigenvalue weighted by atomic mass is 10.1. The summed E-state index contributed by atoms with van der Waals surface area (Å²) >= 11 is 0. The Morgan fingerprint density at radius 2 is 1.79 bits per heavy atom. The number of para-hydroxylation sites is 1. The maximum atomic E-state index is 12.2. The number of aromatic amines is 1. The summed E-state index contributed by atoms with van der Waals surface area (Å²) in [6.07, 6.45) is 1.59. The lowest BCUT2D eigenvalue weighted by molar-refractivity contribution is 0.0476. The first-order valence-electron chi connectivity index (χ1n) is 7.68. The first kappa shape index (κ1) is 15.8. The number of ether oxygens (including phenoxy) is 2. The summed E-state index contributed by atoms with van der Waals surface area (Å²) in [6, 6.07) is 14.2. The lowest BCUT2D eigenvalue weighted by Gasteiger charge is -2.05. The molecule has 0 spiro atoms. The maximum Gasteiger partial charge on any atom is 0.340 e. The van der Waals surface area contributed by atoms with E-state index in [1.165, 1.54) is 0 Å². The molecule has 2 aromatic carbocycles. The van der Waals surface area contributed by atoms with E-state index in [0.29, 0.717) is 23.5 Å². The molecule has 0 saturated heterocycles. The minimum absolute atomic E-state index is 0.258. The van der Waals surface area contributed by atoms with Gasteiger partial charge in [-0.1, -0.05) is 18.2 Å². The van der Waals surface area contributed by atoms with Crippen LogP contribution in [0.1, 0.15) is 27.6 Å². The number of aromatic nitrogens is 1. The smallest absolute Gasteiger partial charge is 0.340 e. The molecule has 0 aliphatic carbocycles. The fourth-order valence-electron chi connectivity index (χ4n) is 2.44. The van der Waals surface area contributed by atoms with E-state index in [1.54, 1.807) is 30.5 Å². The first-order chi connectivity index (χ1) is 11.7. The molecule has 3 rings (SSSR count). The molecular weight excluding hydrogens is 306 g/mol. The molecule has 0 atom stereocenters. The second kappa shape index (κ2) is 7.00. The van der Waals surface area contributed by atoms with Gasteiger partial charge in [0.25, 0.3) is 0 Å². The van der Waals surface area contributed by atoms with E-state index in [4.69, 9.17) is 9.47 Å². The molecule has 5 nitrogen and oxygen atoms in total. The van der Waals surface area contributed by atoms with Crippen molar-refractivity contribution in [3.05, 3.63) is 65.9 Å². The van der Waals surface area contributed by atoms with Crippen LogP contribution in [0, 0.1) is 0 Å². The van der Waals surface area contributed by atoms with E-state index in [-0.39, 0.29) is 12.4 Å². The molecule has 0 saturated carbocycles. The van der Waals surface area contributed by atoms with Crippen molar-refractivity contribution in [3.8, 4) is 5.75 Å². The third-order valence-corrected chi connectivity index (χ3v) is 3.63. The molecule has 0 aliphatic heterocycles. The summed E-state index contributed by atoms with van der Waals surface area (Å²) in [5.74, 6) is -0.0807. The Kier molecular flexibility index (Phi) is 4.61. The van der Waals surface area contributed by atoms with Gasteiger partial charge in [-0.2, -0.15) is 0 Å². The highest BCUT2D eigenvalue weighted by atomic mass is 16.5. The maximum absolute atomic E-state index is 12.2. The van der Waals surface area contributed by atoms with Crippen LogP contribution < -0.4 is 4.74 Å². The second-order valence-corrected chi connectivity index (χ2v) is 5.20. The van der Waals surface area contributed by atoms with E-state index >= 15 is 0 Å². The normalized spacial score (nSPS) is 10.5. The fourth-order valence-corrected chi connectivity index (χ4v) is 2.44. The van der Waals surface area contributed by atoms with Crippen LogP contribution in [-0.4, -0.2) is 30.0 Å². The topological polar surface area (TPSA) is 68.4 Å². The van der Waals surface area contributed by atoms with Gasteiger partial charge in [-0.25, -0.2) is 4.79 Å². The summed E-state index contributed by atoms with van der Waals surface area (Å²) in [6.45, 7) is 2.16. The van der Waals surface area contributed by atoms with Crippen molar-refractivity contribution in [2.24, 2.45) is 0 Å². The molecule has 24 heavy (non-hydrogen) atoms. The number of H-pyrrole nitrogens is 1. The van der Waals surface area contributed by atoms with Gasteiger partial charge in [0.15, 0.2) is 12.4 Å². The summed E-state index contributed by atoms with van der Waals surface area (Å²) in [5.41, 5.74) is 1.75. The average molecular weight is 323 g/mol. The van der Waals surface area contributed by atoms with Crippen LogP contribution in [0.3, 0.4) is 0 Å². The van der Waals surface area contributed by atoms with Crippen molar-refractivity contribution in [1.82, 2.24) is 4.98 Å². The van der Waals surface area contributed by atoms with E-state index in [2.05, 4.69) is 4.98 Å². The molecule has 0 radical (unpaired) electrons. The molecular formula is C19H17NO4. The van der Waals surface area contributed by atoms with Crippen molar-refractivity contribution in [3.63, 3.8) is 0 Å². The largest absolute Gasteiger partial charge is 0.494 e. The lowest BCUT2D eigenvalue weighted by Crippen LogP contribution is -2.14. The van der Waals surface area contributed by atoms with Crippen LogP contribution in [0.4, 0.5) is 0 Å². The van der Waals surface area contributed by atoms with Crippen LogP contribution >= 0.6 is 0 Å². The molecule has 0 unspecified atom stereocenters. The summed E-state index contributed by atoms with van der Waals surface area (Å²) < 4.78 is 10.5. The van der Waals surface area contributed by atoms with Gasteiger partial charge >= 0.3 is 5.97 Å². The molecule has 1 aromatic heterocycles. The fraction of sp³-hybridized carbons (Fsp3) is 0.158. The van der Waals surface area contributed by atoms with E-state index in [0.717, 1.165) is 10.9 Å². The molecule has 0 amide bonds. The Labute approximate surface area is 139 Å². The number of carbonyl (C=O) groups is 2. The number of benzene rings is 2. The third-order valence-electron chi connectivity index (χ3n) is 3.63. The van der Waals surface area contributed by atoms with Crippen molar-refractivity contribution in [1.29, 1.82) is 0 Å². The van der Waals surface area contributed by atoms with Gasteiger partial charge in [-0.15, -0.1) is 0 Å². The van der Waals surface area contributed by atoms with Crippen molar-refractivity contribution in [2.75, 3.05) is 13.2 Å². The first-order valence-corrected chi connectivity index (χ1v) is 7.68. The zero-order valence-electron chi connectivity index (χ0n) is 13.2. The molecule has 0 bridgehead atoms. The highest BCUT2D eigenvalue weighted by Crippen LogP contribution is 2.18. The Morgan fingerprint density at radius 3 is 2.54 bits per heavy atom. The summed E-state index contributed by atoms with van der Waals surface area (Å²) in [7, 11) is 0. The Morgan fingerprint density at radius 1 is 1.04 bits per heavy atom. The average Bonchev–Trinajstić information content (AvgIpc) is 3.04. The monoisotopic (exact) mass is 323 g/mol.